The van der Waals surface area contributed by atoms with Crippen LogP contribution in [-0.4, -0.2) is 29.1 Å². The highest BCUT2D eigenvalue weighted by Gasteiger charge is 2.33. The van der Waals surface area contributed by atoms with E-state index in [4.69, 9.17) is 0 Å². The summed E-state index contributed by atoms with van der Waals surface area (Å²) in [4.78, 5) is 8.35. The van der Waals surface area contributed by atoms with Crippen molar-refractivity contribution in [3.05, 3.63) is 65.7 Å². The van der Waals surface area contributed by atoms with Crippen LogP contribution in [0.25, 0.3) is 11.0 Å². The Morgan fingerprint density at radius 2 is 1.93 bits per heavy atom. The maximum atomic E-state index is 13.2. The third kappa shape index (κ3) is 5.24. The van der Waals surface area contributed by atoms with E-state index in [1.165, 1.54) is 7.05 Å². The summed E-state index contributed by atoms with van der Waals surface area (Å²) in [5.74, 6) is -0.548. The van der Waals surface area contributed by atoms with Gasteiger partial charge in [-0.25, -0.2) is 9.37 Å². The van der Waals surface area contributed by atoms with E-state index in [1.54, 1.807) is 6.33 Å². The molecule has 0 radical (unpaired) electrons. The van der Waals surface area contributed by atoms with Crippen molar-refractivity contribution >= 4 is 17.0 Å². The summed E-state index contributed by atoms with van der Waals surface area (Å²) >= 11 is 0. The van der Waals surface area contributed by atoms with Crippen LogP contribution in [0, 0.1) is 5.82 Å². The van der Waals surface area contributed by atoms with Gasteiger partial charge >= 0.3 is 6.18 Å². The molecule has 0 saturated carbocycles. The maximum absolute atomic E-state index is 13.2. The van der Waals surface area contributed by atoms with Gasteiger partial charge in [0.2, 0.25) is 0 Å². The van der Waals surface area contributed by atoms with E-state index < -0.39 is 17.6 Å². The van der Waals surface area contributed by atoms with E-state index in [0.29, 0.717) is 18.6 Å². The predicted octanol–water partition coefficient (Wildman–Crippen LogP) is 3.95. The summed E-state index contributed by atoms with van der Waals surface area (Å²) in [6.45, 7) is 1.18. The molecule has 5 nitrogen and oxygen atoms in total. The van der Waals surface area contributed by atoms with Gasteiger partial charge in [0.05, 0.1) is 22.9 Å². The third-order valence-electron chi connectivity index (χ3n) is 4.44. The lowest BCUT2D eigenvalue weighted by Crippen LogP contribution is -2.38. The number of para-hydroxylation sites is 2. The number of fused-ring (bicyclic) bond motifs is 1. The van der Waals surface area contributed by atoms with Crippen LogP contribution in [0.5, 0.6) is 0 Å². The number of alkyl halides is 3. The fourth-order valence-corrected chi connectivity index (χ4v) is 3.01. The number of hydrogen-bond donors (Lipinski definition) is 2. The van der Waals surface area contributed by atoms with E-state index >= 15 is 0 Å². The van der Waals surface area contributed by atoms with Crippen molar-refractivity contribution in [3.63, 3.8) is 0 Å². The predicted molar refractivity (Wildman–Crippen MR) is 104 cm³/mol. The zero-order chi connectivity index (χ0) is 20.9. The molecule has 9 heteroatoms. The molecule has 2 N–H and O–H groups in total. The van der Waals surface area contributed by atoms with E-state index in [9.17, 15) is 17.6 Å². The van der Waals surface area contributed by atoms with E-state index in [1.807, 2.05) is 28.8 Å². The molecule has 29 heavy (non-hydrogen) atoms. The highest BCUT2D eigenvalue weighted by Crippen LogP contribution is 2.32. The Morgan fingerprint density at radius 3 is 2.69 bits per heavy atom. The second kappa shape index (κ2) is 8.93. The van der Waals surface area contributed by atoms with Crippen LogP contribution in [0.1, 0.15) is 17.5 Å². The van der Waals surface area contributed by atoms with Crippen molar-refractivity contribution < 1.29 is 17.6 Å². The largest absolute Gasteiger partial charge is 0.416 e. The summed E-state index contributed by atoms with van der Waals surface area (Å²) in [6, 6.07) is 10.5. The van der Waals surface area contributed by atoms with Gasteiger partial charge in [-0.1, -0.05) is 18.2 Å². The van der Waals surface area contributed by atoms with Crippen LogP contribution in [0.15, 0.2) is 53.8 Å². The topological polar surface area (TPSA) is 54.2 Å². The average Bonchev–Trinajstić information content (AvgIpc) is 3.10. The van der Waals surface area contributed by atoms with Crippen LogP contribution < -0.4 is 10.6 Å². The van der Waals surface area contributed by atoms with Crippen molar-refractivity contribution in [1.82, 2.24) is 20.2 Å². The lowest BCUT2D eigenvalue weighted by Gasteiger charge is -2.16. The molecule has 3 aromatic rings. The summed E-state index contributed by atoms with van der Waals surface area (Å²) in [7, 11) is 1.54. The standard InChI is InChI=1S/C20H21F4N5/c1-25-19(27-12-14-7-8-15(21)11-16(14)20(22,23)24)26-9-4-10-29-13-28-17-5-2-3-6-18(17)29/h2-3,5-8,11,13H,4,9-10,12H2,1H3,(H2,25,26,27). The average molecular weight is 407 g/mol. The number of aryl methyl sites for hydroxylation is 1. The molecular formula is C20H21F4N5. The number of guanidine groups is 1. The van der Waals surface area contributed by atoms with Gasteiger partial charge in [-0.15, -0.1) is 0 Å². The third-order valence-corrected chi connectivity index (χ3v) is 4.44. The zero-order valence-corrected chi connectivity index (χ0v) is 15.8. The van der Waals surface area contributed by atoms with Crippen LogP contribution in [0.3, 0.4) is 0 Å². The minimum atomic E-state index is -4.62. The van der Waals surface area contributed by atoms with E-state index in [0.717, 1.165) is 36.1 Å². The highest BCUT2D eigenvalue weighted by molar-refractivity contribution is 5.79. The summed E-state index contributed by atoms with van der Waals surface area (Å²) in [5.41, 5.74) is 0.933. The Morgan fingerprint density at radius 1 is 1.14 bits per heavy atom. The molecule has 0 spiro atoms. The Kier molecular flexibility index (Phi) is 6.36. The SMILES string of the molecule is CN=C(NCCCn1cnc2ccccc21)NCc1ccc(F)cc1C(F)(F)F. The molecule has 0 fully saturated rings. The van der Waals surface area contributed by atoms with Gasteiger partial charge in [0, 0.05) is 26.7 Å². The summed E-state index contributed by atoms with van der Waals surface area (Å²) in [6.07, 6.45) is -2.07. The van der Waals surface area contributed by atoms with Crippen molar-refractivity contribution in [2.45, 2.75) is 25.7 Å². The fourth-order valence-electron chi connectivity index (χ4n) is 3.01. The first-order chi connectivity index (χ1) is 13.9. The Balaban J connectivity index is 1.51. The number of nitrogens with one attached hydrogen (secondary N) is 2. The van der Waals surface area contributed by atoms with Crippen LogP contribution in [-0.2, 0) is 19.3 Å². The smallest absolute Gasteiger partial charge is 0.356 e. The number of aromatic nitrogens is 2. The Hall–Kier alpha value is -3.10. The number of benzene rings is 2. The number of hydrogen-bond acceptors (Lipinski definition) is 2. The molecule has 0 aliphatic heterocycles. The highest BCUT2D eigenvalue weighted by atomic mass is 19.4. The van der Waals surface area contributed by atoms with Gasteiger partial charge < -0.3 is 15.2 Å². The first kappa shape index (κ1) is 20.6. The van der Waals surface area contributed by atoms with Gasteiger partial charge in [0.25, 0.3) is 0 Å². The number of imidazole rings is 1. The monoisotopic (exact) mass is 407 g/mol. The number of nitrogens with zero attached hydrogens (tertiary/aromatic N) is 3. The number of aliphatic imine (C=N–C) groups is 1. The zero-order valence-electron chi connectivity index (χ0n) is 15.8. The first-order valence-corrected chi connectivity index (χ1v) is 9.08. The molecule has 3 rings (SSSR count). The van der Waals surface area contributed by atoms with Crippen molar-refractivity contribution in [3.8, 4) is 0 Å². The minimum absolute atomic E-state index is 0.0493. The second-order valence-corrected chi connectivity index (χ2v) is 6.43. The molecule has 0 unspecified atom stereocenters. The molecule has 0 amide bonds. The molecule has 0 saturated heterocycles. The quantitative estimate of drug-likeness (QED) is 0.282. The lowest BCUT2D eigenvalue weighted by atomic mass is 10.1. The molecule has 1 heterocycles. The summed E-state index contributed by atoms with van der Waals surface area (Å²) in [5, 5.41) is 5.91. The van der Waals surface area contributed by atoms with E-state index in [-0.39, 0.29) is 12.1 Å². The fraction of sp³-hybridized carbons (Fsp3) is 0.300. The Labute approximate surface area is 165 Å². The van der Waals surface area contributed by atoms with Gasteiger partial charge in [-0.3, -0.25) is 4.99 Å². The molecule has 0 bridgehead atoms. The van der Waals surface area contributed by atoms with Crippen molar-refractivity contribution in [1.29, 1.82) is 0 Å². The van der Waals surface area contributed by atoms with E-state index in [2.05, 4.69) is 20.6 Å². The molecule has 0 aliphatic carbocycles. The minimum Gasteiger partial charge on any atom is -0.356 e. The van der Waals surface area contributed by atoms with Crippen molar-refractivity contribution in [2.24, 2.45) is 4.99 Å². The van der Waals surface area contributed by atoms with Gasteiger partial charge in [0.1, 0.15) is 5.82 Å². The maximum Gasteiger partial charge on any atom is 0.416 e. The van der Waals surface area contributed by atoms with Crippen molar-refractivity contribution in [2.75, 3.05) is 13.6 Å². The van der Waals surface area contributed by atoms with Crippen LogP contribution >= 0.6 is 0 Å². The molecular weight excluding hydrogens is 386 g/mol. The molecule has 2 aromatic carbocycles. The van der Waals surface area contributed by atoms with Gasteiger partial charge in [-0.2, -0.15) is 13.2 Å². The van der Waals surface area contributed by atoms with Crippen LogP contribution in [0.2, 0.25) is 0 Å². The molecule has 154 valence electrons. The second-order valence-electron chi connectivity index (χ2n) is 6.43. The molecule has 0 atom stereocenters. The lowest BCUT2D eigenvalue weighted by molar-refractivity contribution is -0.138. The molecule has 1 aromatic heterocycles. The normalized spacial score (nSPS) is 12.4. The summed E-state index contributed by atoms with van der Waals surface area (Å²) < 4.78 is 54.5. The Bertz CT molecular complexity index is 994. The van der Waals surface area contributed by atoms with Gasteiger partial charge in [0.15, 0.2) is 5.96 Å². The molecule has 0 aliphatic rings. The van der Waals surface area contributed by atoms with Crippen LogP contribution in [0.4, 0.5) is 17.6 Å². The number of rotatable bonds is 6. The van der Waals surface area contributed by atoms with Gasteiger partial charge in [-0.05, 0) is 36.2 Å². The number of halogens is 4. The first-order valence-electron chi connectivity index (χ1n) is 9.08.